The first kappa shape index (κ1) is 15.9. The number of aliphatic hydroxyl groups is 1. The van der Waals surface area contributed by atoms with Crippen LogP contribution in [0.15, 0.2) is 23.1 Å². The van der Waals surface area contributed by atoms with E-state index in [1.54, 1.807) is 25.1 Å². The average Bonchev–Trinajstić information content (AvgIpc) is 2.26. The van der Waals surface area contributed by atoms with Gasteiger partial charge in [-0.1, -0.05) is 26.0 Å². The maximum absolute atomic E-state index is 12.3. The van der Waals surface area contributed by atoms with E-state index in [-0.39, 0.29) is 23.1 Å². The molecule has 0 aliphatic rings. The number of aryl methyl sites for hydroxylation is 1. The topological polar surface area (TPSA) is 92.4 Å². The van der Waals surface area contributed by atoms with E-state index in [0.717, 1.165) is 0 Å². The summed E-state index contributed by atoms with van der Waals surface area (Å²) < 4.78 is 27.2. The molecule has 0 saturated heterocycles. The van der Waals surface area contributed by atoms with Crippen LogP contribution in [-0.2, 0) is 10.0 Å². The summed E-state index contributed by atoms with van der Waals surface area (Å²) in [5, 5.41) is 9.27. The maximum atomic E-state index is 12.3. The molecule has 0 amide bonds. The van der Waals surface area contributed by atoms with E-state index in [9.17, 15) is 13.5 Å². The second-order valence-corrected chi connectivity index (χ2v) is 6.77. The van der Waals surface area contributed by atoms with Crippen molar-refractivity contribution in [2.75, 3.05) is 12.3 Å². The van der Waals surface area contributed by atoms with E-state index < -0.39 is 16.1 Å². The van der Waals surface area contributed by atoms with E-state index in [1.165, 1.54) is 0 Å². The maximum Gasteiger partial charge on any atom is 0.243 e. The van der Waals surface area contributed by atoms with Gasteiger partial charge in [0.15, 0.2) is 0 Å². The zero-order chi connectivity index (χ0) is 14.6. The molecule has 5 nitrogen and oxygen atoms in total. The van der Waals surface area contributed by atoms with Gasteiger partial charge in [-0.2, -0.15) is 0 Å². The smallest absolute Gasteiger partial charge is 0.243 e. The van der Waals surface area contributed by atoms with Crippen molar-refractivity contribution in [1.82, 2.24) is 4.72 Å². The number of sulfonamides is 1. The molecule has 0 fully saturated rings. The molecule has 19 heavy (non-hydrogen) atoms. The van der Waals surface area contributed by atoms with Crippen LogP contribution in [0, 0.1) is 12.8 Å². The molecule has 108 valence electrons. The van der Waals surface area contributed by atoms with Crippen LogP contribution in [0.1, 0.15) is 25.8 Å². The lowest BCUT2D eigenvalue weighted by atomic mass is 10.1. The molecule has 1 unspecified atom stereocenters. The summed E-state index contributed by atoms with van der Waals surface area (Å²) in [6.45, 7) is 5.41. The fraction of sp³-hybridized carbons (Fsp3) is 0.538. The minimum Gasteiger partial charge on any atom is -0.398 e. The van der Waals surface area contributed by atoms with Gasteiger partial charge in [0, 0.05) is 6.04 Å². The Kier molecular flexibility index (Phi) is 5.34. The van der Waals surface area contributed by atoms with Gasteiger partial charge in [-0.15, -0.1) is 0 Å². The van der Waals surface area contributed by atoms with E-state index in [0.29, 0.717) is 12.0 Å². The highest BCUT2D eigenvalue weighted by molar-refractivity contribution is 7.89. The van der Waals surface area contributed by atoms with E-state index in [1.807, 2.05) is 13.8 Å². The van der Waals surface area contributed by atoms with Gasteiger partial charge in [0.2, 0.25) is 10.0 Å². The van der Waals surface area contributed by atoms with Crippen LogP contribution < -0.4 is 10.5 Å². The molecule has 1 rings (SSSR count). The number of hydrogen-bond donors (Lipinski definition) is 3. The molecular weight excluding hydrogens is 264 g/mol. The van der Waals surface area contributed by atoms with Gasteiger partial charge in [-0.3, -0.25) is 0 Å². The molecule has 0 heterocycles. The van der Waals surface area contributed by atoms with Crippen molar-refractivity contribution in [2.45, 2.75) is 38.1 Å². The first-order valence-electron chi connectivity index (χ1n) is 6.26. The molecular formula is C13H22N2O3S. The van der Waals surface area contributed by atoms with Gasteiger partial charge in [0.1, 0.15) is 4.90 Å². The standard InChI is InChI=1S/C13H22N2O3S/c1-9(2)7-11(8-16)15-19(17,18)13-10(3)5-4-6-12(13)14/h4-6,9,11,15-16H,7-8,14H2,1-3H3. The molecule has 6 heteroatoms. The Hall–Kier alpha value is -1.11. The Bertz CT molecular complexity index is 506. The van der Waals surface area contributed by atoms with Crippen molar-refractivity contribution in [3.63, 3.8) is 0 Å². The molecule has 0 aliphatic heterocycles. The highest BCUT2D eigenvalue weighted by Crippen LogP contribution is 2.22. The minimum atomic E-state index is -3.71. The number of hydrogen-bond acceptors (Lipinski definition) is 4. The second kappa shape index (κ2) is 6.36. The van der Waals surface area contributed by atoms with E-state index in [4.69, 9.17) is 5.73 Å². The summed E-state index contributed by atoms with van der Waals surface area (Å²) in [7, 11) is -3.71. The summed E-state index contributed by atoms with van der Waals surface area (Å²) in [4.78, 5) is 0.0946. The molecule has 1 aromatic carbocycles. The van der Waals surface area contributed by atoms with Crippen molar-refractivity contribution >= 4 is 15.7 Å². The number of aliphatic hydroxyl groups excluding tert-OH is 1. The van der Waals surface area contributed by atoms with Crippen molar-refractivity contribution in [2.24, 2.45) is 5.92 Å². The van der Waals surface area contributed by atoms with Crippen molar-refractivity contribution < 1.29 is 13.5 Å². The predicted molar refractivity (Wildman–Crippen MR) is 76.2 cm³/mol. The quantitative estimate of drug-likeness (QED) is 0.686. The fourth-order valence-electron chi connectivity index (χ4n) is 2.05. The van der Waals surface area contributed by atoms with Crippen LogP contribution in [0.2, 0.25) is 0 Å². The lowest BCUT2D eigenvalue weighted by molar-refractivity contribution is 0.240. The number of nitrogens with one attached hydrogen (secondary N) is 1. The van der Waals surface area contributed by atoms with Gasteiger partial charge < -0.3 is 10.8 Å². The molecule has 0 spiro atoms. The highest BCUT2D eigenvalue weighted by Gasteiger charge is 2.23. The third-order valence-electron chi connectivity index (χ3n) is 2.81. The highest BCUT2D eigenvalue weighted by atomic mass is 32.2. The van der Waals surface area contributed by atoms with Gasteiger partial charge >= 0.3 is 0 Å². The number of nitrogens with two attached hydrogens (primary N) is 1. The molecule has 0 bridgehead atoms. The van der Waals surface area contributed by atoms with Crippen molar-refractivity contribution in [3.8, 4) is 0 Å². The van der Waals surface area contributed by atoms with E-state index in [2.05, 4.69) is 4.72 Å². The fourth-order valence-corrected chi connectivity index (χ4v) is 3.65. The molecule has 0 aliphatic carbocycles. The summed E-state index contributed by atoms with van der Waals surface area (Å²) in [5.74, 6) is 0.286. The molecule has 1 atom stereocenters. The zero-order valence-corrected chi connectivity index (χ0v) is 12.4. The molecule has 0 aromatic heterocycles. The van der Waals surface area contributed by atoms with Crippen molar-refractivity contribution in [3.05, 3.63) is 23.8 Å². The van der Waals surface area contributed by atoms with Crippen LogP contribution in [-0.4, -0.2) is 26.2 Å². The number of rotatable bonds is 6. The Morgan fingerprint density at radius 3 is 2.47 bits per heavy atom. The Labute approximate surface area is 114 Å². The largest absolute Gasteiger partial charge is 0.398 e. The Morgan fingerprint density at radius 2 is 2.00 bits per heavy atom. The summed E-state index contributed by atoms with van der Waals surface area (Å²) >= 11 is 0. The second-order valence-electron chi connectivity index (χ2n) is 5.12. The number of anilines is 1. The van der Waals surface area contributed by atoms with Crippen LogP contribution in [0.4, 0.5) is 5.69 Å². The third kappa shape index (κ3) is 4.19. The minimum absolute atomic E-state index is 0.0946. The van der Waals surface area contributed by atoms with Gasteiger partial charge in [0.25, 0.3) is 0 Å². The van der Waals surface area contributed by atoms with Crippen LogP contribution in [0.3, 0.4) is 0 Å². The Morgan fingerprint density at radius 1 is 1.37 bits per heavy atom. The lowest BCUT2D eigenvalue weighted by Gasteiger charge is -2.19. The third-order valence-corrected chi connectivity index (χ3v) is 4.55. The first-order valence-corrected chi connectivity index (χ1v) is 7.74. The average molecular weight is 286 g/mol. The van der Waals surface area contributed by atoms with Gasteiger partial charge in [-0.25, -0.2) is 13.1 Å². The molecule has 0 saturated carbocycles. The lowest BCUT2D eigenvalue weighted by Crippen LogP contribution is -2.38. The molecule has 1 aromatic rings. The van der Waals surface area contributed by atoms with Crippen LogP contribution >= 0.6 is 0 Å². The van der Waals surface area contributed by atoms with Gasteiger partial charge in [-0.05, 0) is 30.9 Å². The first-order chi connectivity index (χ1) is 8.77. The molecule has 4 N–H and O–H groups in total. The normalized spacial score (nSPS) is 13.7. The van der Waals surface area contributed by atoms with Crippen molar-refractivity contribution in [1.29, 1.82) is 0 Å². The predicted octanol–water partition coefficient (Wildman–Crippen LogP) is 1.26. The summed E-state index contributed by atoms with van der Waals surface area (Å²) in [6, 6.07) is 4.46. The molecule has 0 radical (unpaired) electrons. The summed E-state index contributed by atoms with van der Waals surface area (Å²) in [5.41, 5.74) is 6.55. The van der Waals surface area contributed by atoms with Crippen LogP contribution in [0.5, 0.6) is 0 Å². The zero-order valence-electron chi connectivity index (χ0n) is 11.6. The monoisotopic (exact) mass is 286 g/mol. The SMILES string of the molecule is Cc1cccc(N)c1S(=O)(=O)NC(CO)CC(C)C. The summed E-state index contributed by atoms with van der Waals surface area (Å²) in [6.07, 6.45) is 0.571. The van der Waals surface area contributed by atoms with Gasteiger partial charge in [0.05, 0.1) is 12.3 Å². The number of nitrogen functional groups attached to an aromatic ring is 1. The number of benzene rings is 1. The van der Waals surface area contributed by atoms with E-state index >= 15 is 0 Å². The van der Waals surface area contributed by atoms with Crippen LogP contribution in [0.25, 0.3) is 0 Å². The Balaban J connectivity index is 3.04.